The van der Waals surface area contributed by atoms with Crippen LogP contribution in [0.1, 0.15) is 47.4 Å². The molecule has 0 bridgehead atoms. The minimum Gasteiger partial charge on any atom is -0.487 e. The number of benzene rings is 2. The first-order valence-electron chi connectivity index (χ1n) is 10.6. The maximum atomic E-state index is 12.7. The van der Waals surface area contributed by atoms with Crippen LogP contribution in [0.25, 0.3) is 0 Å². The average molecular weight is 468 g/mol. The summed E-state index contributed by atoms with van der Waals surface area (Å²) in [6.45, 7) is 8.19. The van der Waals surface area contributed by atoms with Crippen molar-refractivity contribution in [1.29, 1.82) is 0 Å². The highest BCUT2D eigenvalue weighted by Crippen LogP contribution is 2.18. The number of anilines is 1. The highest BCUT2D eigenvalue weighted by Gasteiger charge is 2.19. The molecule has 0 aliphatic rings. The first-order chi connectivity index (χ1) is 15.6. The fourth-order valence-electron chi connectivity index (χ4n) is 2.96. The fourth-order valence-corrected chi connectivity index (χ4v) is 3.56. The van der Waals surface area contributed by atoms with Gasteiger partial charge in [0.25, 0.3) is 5.91 Å². The average Bonchev–Trinajstić information content (AvgIpc) is 3.17. The van der Waals surface area contributed by atoms with E-state index in [0.717, 1.165) is 16.3 Å². The van der Waals surface area contributed by atoms with Gasteiger partial charge in [-0.25, -0.2) is 9.78 Å². The number of hydrogen-bond acceptors (Lipinski definition) is 6. The van der Waals surface area contributed by atoms with Gasteiger partial charge in [0, 0.05) is 30.2 Å². The van der Waals surface area contributed by atoms with Crippen LogP contribution in [0, 0.1) is 6.92 Å². The molecule has 0 saturated carbocycles. The van der Waals surface area contributed by atoms with Gasteiger partial charge in [-0.1, -0.05) is 12.1 Å². The number of amides is 2. The lowest BCUT2D eigenvalue weighted by Gasteiger charge is -2.24. The Hall–Kier alpha value is -3.39. The van der Waals surface area contributed by atoms with Gasteiger partial charge < -0.3 is 19.7 Å². The molecule has 3 aromatic rings. The number of carbonyl (C=O) groups is 2. The van der Waals surface area contributed by atoms with Crippen LogP contribution in [0.2, 0.25) is 0 Å². The van der Waals surface area contributed by atoms with E-state index in [-0.39, 0.29) is 5.91 Å². The number of nitrogens with one attached hydrogen (secondary N) is 1. The minimum absolute atomic E-state index is 0.227. The molecule has 0 spiro atoms. The van der Waals surface area contributed by atoms with E-state index in [4.69, 9.17) is 9.47 Å². The Morgan fingerprint density at radius 3 is 2.48 bits per heavy atom. The topological polar surface area (TPSA) is 80.8 Å². The Kier molecular flexibility index (Phi) is 7.71. The molecule has 7 nitrogen and oxygen atoms in total. The zero-order chi connectivity index (χ0) is 24.0. The Morgan fingerprint density at radius 1 is 1.12 bits per heavy atom. The van der Waals surface area contributed by atoms with Crippen molar-refractivity contribution in [2.45, 2.75) is 46.4 Å². The van der Waals surface area contributed by atoms with E-state index < -0.39 is 11.7 Å². The summed E-state index contributed by atoms with van der Waals surface area (Å²) in [5.74, 6) is 0.443. The lowest BCUT2D eigenvalue weighted by Crippen LogP contribution is -2.33. The van der Waals surface area contributed by atoms with E-state index in [2.05, 4.69) is 10.3 Å². The van der Waals surface area contributed by atoms with Crippen LogP contribution < -0.4 is 10.1 Å². The van der Waals surface area contributed by atoms with Gasteiger partial charge in [-0.15, -0.1) is 11.3 Å². The number of ether oxygens (including phenoxy) is 2. The number of hydrogen-bond donors (Lipinski definition) is 1. The van der Waals surface area contributed by atoms with E-state index in [9.17, 15) is 9.59 Å². The summed E-state index contributed by atoms with van der Waals surface area (Å²) in [5.41, 5.74) is 2.37. The molecule has 174 valence electrons. The van der Waals surface area contributed by atoms with Gasteiger partial charge in [0.05, 0.1) is 10.7 Å². The maximum absolute atomic E-state index is 12.7. The van der Waals surface area contributed by atoms with E-state index >= 15 is 0 Å². The SMILES string of the molecule is Cc1nc(COc2ccc(C(=O)Nc3cccc(CN(C)C(=O)OC(C)(C)C)c3)cc2)cs1. The van der Waals surface area contributed by atoms with Gasteiger partial charge in [0.15, 0.2) is 0 Å². The van der Waals surface area contributed by atoms with Crippen molar-refractivity contribution >= 4 is 29.0 Å². The Labute approximate surface area is 198 Å². The molecular formula is C25H29N3O4S. The van der Waals surface area contributed by atoms with E-state index in [1.54, 1.807) is 42.6 Å². The van der Waals surface area contributed by atoms with Gasteiger partial charge in [-0.2, -0.15) is 0 Å². The normalized spacial score (nSPS) is 11.1. The standard InChI is InChI=1S/C25H29N3O4S/c1-17-26-21(16-33-17)15-31-22-11-9-19(10-12-22)23(29)27-20-8-6-7-18(13-20)14-28(5)24(30)32-25(2,3)4/h6-13,16H,14-15H2,1-5H3,(H,27,29). The van der Waals surface area contributed by atoms with Gasteiger partial charge in [-0.05, 0) is 69.7 Å². The number of rotatable bonds is 7. The number of nitrogens with zero attached hydrogens (tertiary/aromatic N) is 2. The largest absolute Gasteiger partial charge is 0.487 e. The molecule has 8 heteroatoms. The van der Waals surface area contributed by atoms with Gasteiger partial charge in [-0.3, -0.25) is 4.79 Å². The molecule has 3 rings (SSSR count). The Balaban J connectivity index is 1.56. The van der Waals surface area contributed by atoms with Crippen molar-refractivity contribution in [3.8, 4) is 5.75 Å². The van der Waals surface area contributed by atoms with Crippen LogP contribution in [-0.4, -0.2) is 34.5 Å². The van der Waals surface area contributed by atoms with Crippen LogP contribution in [0.4, 0.5) is 10.5 Å². The lowest BCUT2D eigenvalue weighted by atomic mass is 10.1. The third-order valence-corrected chi connectivity index (χ3v) is 5.30. The Bertz CT molecular complexity index is 1100. The number of thiazole rings is 1. The zero-order valence-corrected chi connectivity index (χ0v) is 20.4. The molecule has 1 aromatic heterocycles. The van der Waals surface area contributed by atoms with Crippen molar-refractivity contribution in [1.82, 2.24) is 9.88 Å². The number of carbonyl (C=O) groups excluding carboxylic acids is 2. The quantitative estimate of drug-likeness (QED) is 0.486. The molecule has 2 aromatic carbocycles. The molecule has 0 aliphatic heterocycles. The van der Waals surface area contributed by atoms with Crippen molar-refractivity contribution < 1.29 is 19.1 Å². The second kappa shape index (κ2) is 10.5. The maximum Gasteiger partial charge on any atom is 0.410 e. The van der Waals surface area contributed by atoms with Crippen molar-refractivity contribution in [3.63, 3.8) is 0 Å². The van der Waals surface area contributed by atoms with E-state index in [0.29, 0.717) is 30.2 Å². The molecule has 0 radical (unpaired) electrons. The summed E-state index contributed by atoms with van der Waals surface area (Å²) in [7, 11) is 1.68. The molecule has 0 saturated heterocycles. The molecule has 0 aliphatic carbocycles. The minimum atomic E-state index is -0.554. The predicted molar refractivity (Wildman–Crippen MR) is 130 cm³/mol. The second-order valence-electron chi connectivity index (χ2n) is 8.66. The first-order valence-corrected chi connectivity index (χ1v) is 11.5. The monoisotopic (exact) mass is 467 g/mol. The highest BCUT2D eigenvalue weighted by atomic mass is 32.1. The zero-order valence-electron chi connectivity index (χ0n) is 19.5. The lowest BCUT2D eigenvalue weighted by molar-refractivity contribution is 0.0285. The highest BCUT2D eigenvalue weighted by molar-refractivity contribution is 7.09. The fraction of sp³-hybridized carbons (Fsp3) is 0.320. The third kappa shape index (κ3) is 7.61. The van der Waals surface area contributed by atoms with Crippen LogP contribution in [-0.2, 0) is 17.9 Å². The first kappa shape index (κ1) is 24.3. The molecule has 33 heavy (non-hydrogen) atoms. The summed E-state index contributed by atoms with van der Waals surface area (Å²) in [6, 6.07) is 14.3. The van der Waals surface area contributed by atoms with Gasteiger partial charge >= 0.3 is 6.09 Å². The molecule has 0 atom stereocenters. The predicted octanol–water partition coefficient (Wildman–Crippen LogP) is 5.65. The van der Waals surface area contributed by atoms with Crippen LogP contribution in [0.3, 0.4) is 0 Å². The summed E-state index contributed by atoms with van der Waals surface area (Å²) >= 11 is 1.58. The summed E-state index contributed by atoms with van der Waals surface area (Å²) < 4.78 is 11.1. The van der Waals surface area contributed by atoms with Crippen LogP contribution in [0.5, 0.6) is 5.75 Å². The van der Waals surface area contributed by atoms with Crippen molar-refractivity contribution in [2.75, 3.05) is 12.4 Å². The number of aryl methyl sites for hydroxylation is 1. The summed E-state index contributed by atoms with van der Waals surface area (Å²) in [6.07, 6.45) is -0.399. The van der Waals surface area contributed by atoms with Crippen LogP contribution >= 0.6 is 11.3 Å². The smallest absolute Gasteiger partial charge is 0.410 e. The molecule has 2 amide bonds. The summed E-state index contributed by atoms with van der Waals surface area (Å²) in [5, 5.41) is 5.87. The van der Waals surface area contributed by atoms with E-state index in [1.165, 1.54) is 4.90 Å². The number of aromatic nitrogens is 1. The van der Waals surface area contributed by atoms with Gasteiger partial charge in [0.2, 0.25) is 0 Å². The molecule has 0 fully saturated rings. The van der Waals surface area contributed by atoms with E-state index in [1.807, 2.05) is 57.3 Å². The molecule has 1 N–H and O–H groups in total. The Morgan fingerprint density at radius 2 is 1.85 bits per heavy atom. The molecule has 0 unspecified atom stereocenters. The molecule has 1 heterocycles. The van der Waals surface area contributed by atoms with Gasteiger partial charge in [0.1, 0.15) is 18.0 Å². The summed E-state index contributed by atoms with van der Waals surface area (Å²) in [4.78, 5) is 30.7. The van der Waals surface area contributed by atoms with Crippen molar-refractivity contribution in [2.24, 2.45) is 0 Å². The molecular weight excluding hydrogens is 438 g/mol. The second-order valence-corrected chi connectivity index (χ2v) is 9.72. The van der Waals surface area contributed by atoms with Crippen molar-refractivity contribution in [3.05, 3.63) is 75.7 Å². The third-order valence-electron chi connectivity index (χ3n) is 4.48. The van der Waals surface area contributed by atoms with Crippen LogP contribution in [0.15, 0.2) is 53.9 Å².